The molecule has 0 atom stereocenters. The summed E-state index contributed by atoms with van der Waals surface area (Å²) in [7, 11) is 0. The average Bonchev–Trinajstić information content (AvgIpc) is 4.23. The number of alkyl halides is 9. The van der Waals surface area contributed by atoms with E-state index in [9.17, 15) is 52.7 Å². The zero-order chi connectivity index (χ0) is 52.5. The second kappa shape index (κ2) is 20.4. The normalized spacial score (nSPS) is 13.9. The van der Waals surface area contributed by atoms with Crippen LogP contribution in [0, 0.1) is 17.5 Å². The summed E-state index contributed by atoms with van der Waals surface area (Å²) >= 11 is 0. The number of rotatable bonds is 12. The fraction of sp³-hybridized carbons (Fsp3) is 0.298. The molecule has 15 nitrogen and oxygen atoms in total. The van der Waals surface area contributed by atoms with Gasteiger partial charge in [0.1, 0.15) is 34.0 Å². The summed E-state index contributed by atoms with van der Waals surface area (Å²) in [4.78, 5) is 33.9. The standard InChI is InChI=1S/2C16H13F4N5.C15H13F4N5/c17-10-3-1-9(2-4-10)7-25-8-21-12-13(22-11-5-6-11)23-15(16(18,19)20)24-14(12)25;17-11-4-2-1-3-9(11)7-25-8-21-12-13(22-10-5-6-10)23-15(16(18,19)20)24-14(12)25;1-2-20-12-11-13(23-14(22-12)15(17,18)19)24(8-21-11)7-9-5-3-4-6-10(9)16/h1-4,8,11H,5-7H2,(H,22,23,24);1-4,8,10H,5-7H2,(H,22,23,24);3-6,8H,2,7H2,1H3,(H,20,22,23). The van der Waals surface area contributed by atoms with Crippen molar-refractivity contribution in [3.63, 3.8) is 0 Å². The highest BCUT2D eigenvalue weighted by molar-refractivity contribution is 5.85. The molecule has 6 aromatic heterocycles. The Hall–Kier alpha value is -8.13. The van der Waals surface area contributed by atoms with Crippen LogP contribution in [-0.2, 0) is 38.2 Å². The zero-order valence-corrected chi connectivity index (χ0v) is 38.4. The Morgan fingerprint density at radius 2 is 0.838 bits per heavy atom. The third kappa shape index (κ3) is 11.9. The molecule has 2 aliphatic rings. The maximum absolute atomic E-state index is 13.9. The van der Waals surface area contributed by atoms with Crippen molar-refractivity contribution in [2.45, 2.75) is 82.9 Å². The van der Waals surface area contributed by atoms with E-state index >= 15 is 0 Å². The Labute approximate surface area is 410 Å². The van der Waals surface area contributed by atoms with Gasteiger partial charge in [-0.1, -0.05) is 48.5 Å². The maximum Gasteiger partial charge on any atom is 0.451 e. The minimum Gasteiger partial charge on any atom is -0.368 e. The van der Waals surface area contributed by atoms with Crippen LogP contribution in [0.15, 0.2) is 91.8 Å². The van der Waals surface area contributed by atoms with E-state index in [1.807, 2.05) is 0 Å². The number of hydrogen-bond donors (Lipinski definition) is 3. The van der Waals surface area contributed by atoms with Crippen molar-refractivity contribution in [1.82, 2.24) is 58.6 Å². The SMILES string of the molecule is CCNc1nc(C(F)(F)F)nc2c1ncn2Cc1ccccc1F.Fc1ccc(Cn2cnc3c(NC4CC4)nc(C(F)(F)F)nc32)cc1.Fc1ccccc1Cn1cnc2c(NC3CC3)nc(C(F)(F)F)nc21. The second-order valence-electron chi connectivity index (χ2n) is 17.0. The van der Waals surface area contributed by atoms with E-state index in [0.717, 1.165) is 31.2 Å². The van der Waals surface area contributed by atoms with Crippen LogP contribution in [0.1, 0.15) is 66.8 Å². The number of anilines is 3. The first-order valence-corrected chi connectivity index (χ1v) is 22.6. The van der Waals surface area contributed by atoms with Gasteiger partial charge in [-0.25, -0.2) is 58.0 Å². The number of hydrogen-bond acceptors (Lipinski definition) is 12. The minimum absolute atomic E-state index is 0.00195. The van der Waals surface area contributed by atoms with Crippen LogP contribution in [0.3, 0.4) is 0 Å². The molecule has 6 heterocycles. The van der Waals surface area contributed by atoms with Crippen molar-refractivity contribution in [2.24, 2.45) is 0 Å². The molecule has 9 aromatic rings. The second-order valence-corrected chi connectivity index (χ2v) is 17.0. The van der Waals surface area contributed by atoms with Crippen molar-refractivity contribution in [1.29, 1.82) is 0 Å². The molecule has 0 unspecified atom stereocenters. The van der Waals surface area contributed by atoms with Crippen LogP contribution >= 0.6 is 0 Å². The highest BCUT2D eigenvalue weighted by atomic mass is 19.4. The lowest BCUT2D eigenvalue weighted by molar-refractivity contribution is -0.145. The fourth-order valence-corrected chi connectivity index (χ4v) is 7.30. The summed E-state index contributed by atoms with van der Waals surface area (Å²) in [6, 6.07) is 18.1. The molecule has 11 rings (SSSR count). The molecule has 0 spiro atoms. The largest absolute Gasteiger partial charge is 0.451 e. The molecule has 3 N–H and O–H groups in total. The van der Waals surface area contributed by atoms with Crippen LogP contribution in [0.5, 0.6) is 0 Å². The van der Waals surface area contributed by atoms with Gasteiger partial charge in [-0.2, -0.15) is 39.5 Å². The van der Waals surface area contributed by atoms with E-state index in [0.29, 0.717) is 23.2 Å². The van der Waals surface area contributed by atoms with E-state index in [1.165, 1.54) is 63.0 Å². The lowest BCUT2D eigenvalue weighted by Gasteiger charge is -2.11. The molecule has 2 saturated carbocycles. The maximum atomic E-state index is 13.9. The number of imidazole rings is 3. The Morgan fingerprint density at radius 3 is 1.20 bits per heavy atom. The van der Waals surface area contributed by atoms with Gasteiger partial charge in [0.05, 0.1) is 38.6 Å². The number of nitrogens with one attached hydrogen (secondary N) is 3. The summed E-state index contributed by atoms with van der Waals surface area (Å²) in [5.74, 6) is -4.81. The van der Waals surface area contributed by atoms with Crippen molar-refractivity contribution < 1.29 is 52.7 Å². The summed E-state index contributed by atoms with van der Waals surface area (Å²) in [5, 5.41) is 8.69. The Bertz CT molecular complexity index is 3430. The number of halogens is 12. The van der Waals surface area contributed by atoms with Gasteiger partial charge in [0.15, 0.2) is 34.4 Å². The number of benzene rings is 3. The minimum atomic E-state index is -4.69. The number of aromatic nitrogens is 12. The molecule has 0 radical (unpaired) electrons. The van der Waals surface area contributed by atoms with Crippen LogP contribution in [-0.4, -0.2) is 77.2 Å². The summed E-state index contributed by atoms with van der Waals surface area (Å²) in [5.41, 5.74) is 2.25. The van der Waals surface area contributed by atoms with Gasteiger partial charge >= 0.3 is 18.5 Å². The Balaban J connectivity index is 0.000000136. The monoisotopic (exact) mass is 1040 g/mol. The molecule has 0 amide bonds. The lowest BCUT2D eigenvalue weighted by Crippen LogP contribution is -2.15. The van der Waals surface area contributed by atoms with Gasteiger partial charge in [-0.3, -0.25) is 0 Å². The van der Waals surface area contributed by atoms with Crippen LogP contribution in [0.2, 0.25) is 0 Å². The van der Waals surface area contributed by atoms with E-state index < -0.39 is 47.6 Å². The zero-order valence-electron chi connectivity index (χ0n) is 38.4. The van der Waals surface area contributed by atoms with Crippen molar-refractivity contribution in [2.75, 3.05) is 22.5 Å². The first-order chi connectivity index (χ1) is 35.2. The molecule has 27 heteroatoms. The molecule has 0 saturated heterocycles. The van der Waals surface area contributed by atoms with Gasteiger partial charge in [-0.15, -0.1) is 0 Å². The quantitative estimate of drug-likeness (QED) is 0.0993. The van der Waals surface area contributed by atoms with Crippen molar-refractivity contribution >= 4 is 50.9 Å². The highest BCUT2D eigenvalue weighted by Gasteiger charge is 2.39. The summed E-state index contributed by atoms with van der Waals surface area (Å²) < 4.78 is 163. The molecule has 0 bridgehead atoms. The lowest BCUT2D eigenvalue weighted by atomic mass is 10.2. The summed E-state index contributed by atoms with van der Waals surface area (Å²) in [6.07, 6.45) is -6.39. The van der Waals surface area contributed by atoms with E-state index in [-0.39, 0.29) is 83.0 Å². The van der Waals surface area contributed by atoms with Crippen molar-refractivity contribution in [3.05, 3.63) is 143 Å². The van der Waals surface area contributed by atoms with Gasteiger partial charge < -0.3 is 29.7 Å². The first kappa shape index (κ1) is 50.8. The van der Waals surface area contributed by atoms with Gasteiger partial charge in [0.2, 0.25) is 17.5 Å². The van der Waals surface area contributed by atoms with Crippen LogP contribution < -0.4 is 16.0 Å². The van der Waals surface area contributed by atoms with Crippen LogP contribution in [0.25, 0.3) is 33.5 Å². The molecule has 74 heavy (non-hydrogen) atoms. The van der Waals surface area contributed by atoms with E-state index in [2.05, 4.69) is 60.8 Å². The van der Waals surface area contributed by atoms with Gasteiger partial charge in [0.25, 0.3) is 0 Å². The first-order valence-electron chi connectivity index (χ1n) is 22.6. The van der Waals surface area contributed by atoms with Gasteiger partial charge in [0, 0.05) is 29.8 Å². The third-order valence-electron chi connectivity index (χ3n) is 11.2. The average molecular weight is 1040 g/mol. The molecule has 386 valence electrons. The smallest absolute Gasteiger partial charge is 0.368 e. The topological polar surface area (TPSA) is 167 Å². The predicted octanol–water partition coefficient (Wildman–Crippen LogP) is 10.7. The van der Waals surface area contributed by atoms with E-state index in [1.54, 1.807) is 49.4 Å². The van der Waals surface area contributed by atoms with Crippen molar-refractivity contribution in [3.8, 4) is 0 Å². The van der Waals surface area contributed by atoms with Crippen LogP contribution in [0.4, 0.5) is 70.1 Å². The summed E-state index contributed by atoms with van der Waals surface area (Å²) in [6.45, 7) is 2.39. The molecule has 0 aliphatic heterocycles. The molecule has 2 aliphatic carbocycles. The predicted molar refractivity (Wildman–Crippen MR) is 245 cm³/mol. The highest BCUT2D eigenvalue weighted by Crippen LogP contribution is 2.35. The molecular formula is C47H39F12N15. The van der Waals surface area contributed by atoms with Gasteiger partial charge in [-0.05, 0) is 62.4 Å². The molecular weight excluding hydrogens is 1000 g/mol. The Kier molecular flexibility index (Phi) is 14.0. The molecule has 2 fully saturated rings. The molecule has 3 aromatic carbocycles. The number of fused-ring (bicyclic) bond motifs is 3. The number of nitrogens with zero attached hydrogens (tertiary/aromatic N) is 12. The van der Waals surface area contributed by atoms with E-state index in [4.69, 9.17) is 0 Å². The Morgan fingerprint density at radius 1 is 0.473 bits per heavy atom. The third-order valence-corrected chi connectivity index (χ3v) is 11.2. The fourth-order valence-electron chi connectivity index (χ4n) is 7.30.